The Morgan fingerprint density at radius 1 is 1.05 bits per heavy atom. The topological polar surface area (TPSA) is 84.0 Å². The number of aromatic nitrogens is 2. The van der Waals surface area contributed by atoms with Gasteiger partial charge in [-0.1, -0.05) is 23.5 Å². The zero-order valence-electron chi connectivity index (χ0n) is 11.4. The molecule has 2 heterocycles. The summed E-state index contributed by atoms with van der Waals surface area (Å²) in [4.78, 5) is 31.8. The molecule has 0 saturated carbocycles. The van der Waals surface area contributed by atoms with E-state index in [9.17, 15) is 9.59 Å². The van der Waals surface area contributed by atoms with Gasteiger partial charge >= 0.3 is 11.8 Å². The molecule has 0 aliphatic rings. The number of hydrogen-bond donors (Lipinski definition) is 2. The Morgan fingerprint density at radius 3 is 2.59 bits per heavy atom. The average molecular weight is 312 g/mol. The predicted molar refractivity (Wildman–Crippen MR) is 84.3 cm³/mol. The van der Waals surface area contributed by atoms with Crippen LogP contribution in [0.25, 0.3) is 10.2 Å². The first-order valence-electron chi connectivity index (χ1n) is 6.56. The number of carbonyl (C=O) groups excluding carboxylic acids is 2. The molecule has 2 amide bonds. The summed E-state index contributed by atoms with van der Waals surface area (Å²) in [5.41, 5.74) is 1.66. The van der Waals surface area contributed by atoms with Crippen molar-refractivity contribution >= 4 is 38.5 Å². The molecule has 0 saturated heterocycles. The molecule has 7 heteroatoms. The van der Waals surface area contributed by atoms with Crippen LogP contribution in [0.15, 0.2) is 48.8 Å². The monoisotopic (exact) mass is 312 g/mol. The first-order valence-corrected chi connectivity index (χ1v) is 7.38. The second kappa shape index (κ2) is 6.31. The van der Waals surface area contributed by atoms with Crippen LogP contribution in [0.3, 0.4) is 0 Å². The third kappa shape index (κ3) is 3.26. The number of hydrogen-bond acceptors (Lipinski definition) is 5. The molecule has 0 aliphatic heterocycles. The van der Waals surface area contributed by atoms with Crippen molar-refractivity contribution in [2.45, 2.75) is 6.54 Å². The van der Waals surface area contributed by atoms with Gasteiger partial charge < -0.3 is 5.32 Å². The third-order valence-electron chi connectivity index (χ3n) is 2.92. The van der Waals surface area contributed by atoms with E-state index in [1.807, 2.05) is 24.3 Å². The third-order valence-corrected chi connectivity index (χ3v) is 3.87. The van der Waals surface area contributed by atoms with E-state index in [4.69, 9.17) is 0 Å². The zero-order chi connectivity index (χ0) is 15.4. The average Bonchev–Trinajstić information content (AvgIpc) is 2.95. The van der Waals surface area contributed by atoms with Gasteiger partial charge in [0.15, 0.2) is 5.13 Å². The quantitative estimate of drug-likeness (QED) is 0.724. The Bertz CT molecular complexity index is 784. The normalized spacial score (nSPS) is 10.4. The van der Waals surface area contributed by atoms with Gasteiger partial charge in [0.05, 0.1) is 10.2 Å². The molecule has 1 aromatic carbocycles. The summed E-state index contributed by atoms with van der Waals surface area (Å²) in [5.74, 6) is -1.43. The number of nitrogens with zero attached hydrogens (tertiary/aromatic N) is 2. The van der Waals surface area contributed by atoms with E-state index in [0.29, 0.717) is 5.13 Å². The summed E-state index contributed by atoms with van der Waals surface area (Å²) in [7, 11) is 0. The van der Waals surface area contributed by atoms with Crippen LogP contribution in [0.5, 0.6) is 0 Å². The Morgan fingerprint density at radius 2 is 1.82 bits per heavy atom. The molecule has 2 aromatic heterocycles. The number of fused-ring (bicyclic) bond motifs is 1. The van der Waals surface area contributed by atoms with Crippen molar-refractivity contribution in [2.75, 3.05) is 5.32 Å². The van der Waals surface area contributed by atoms with Crippen LogP contribution in [-0.4, -0.2) is 21.8 Å². The van der Waals surface area contributed by atoms with Gasteiger partial charge in [-0.3, -0.25) is 19.9 Å². The molecule has 0 spiro atoms. The number of benzene rings is 1. The zero-order valence-corrected chi connectivity index (χ0v) is 12.3. The van der Waals surface area contributed by atoms with Gasteiger partial charge in [-0.05, 0) is 29.8 Å². The molecular formula is C15H12N4O2S. The number of anilines is 1. The van der Waals surface area contributed by atoms with Crippen LogP contribution >= 0.6 is 11.3 Å². The van der Waals surface area contributed by atoms with Crippen LogP contribution in [0, 0.1) is 0 Å². The van der Waals surface area contributed by atoms with Crippen LogP contribution in [-0.2, 0) is 16.1 Å². The minimum Gasteiger partial charge on any atom is -0.344 e. The maximum atomic E-state index is 11.8. The molecule has 6 nitrogen and oxygen atoms in total. The Hall–Kier alpha value is -2.80. The minimum atomic E-state index is -0.729. The van der Waals surface area contributed by atoms with Gasteiger partial charge in [0, 0.05) is 18.9 Å². The summed E-state index contributed by atoms with van der Waals surface area (Å²) < 4.78 is 0.954. The van der Waals surface area contributed by atoms with Gasteiger partial charge in [-0.2, -0.15) is 0 Å². The van der Waals surface area contributed by atoms with Gasteiger partial charge in [-0.15, -0.1) is 0 Å². The first-order chi connectivity index (χ1) is 10.7. The number of thiazole rings is 1. The maximum Gasteiger partial charge on any atom is 0.315 e. The molecule has 3 aromatic rings. The lowest BCUT2D eigenvalue weighted by Crippen LogP contribution is -2.34. The van der Waals surface area contributed by atoms with Gasteiger partial charge in [0.1, 0.15) is 0 Å². The van der Waals surface area contributed by atoms with E-state index in [1.165, 1.54) is 11.3 Å². The summed E-state index contributed by atoms with van der Waals surface area (Å²) in [6.07, 6.45) is 3.26. The van der Waals surface area contributed by atoms with E-state index >= 15 is 0 Å². The largest absolute Gasteiger partial charge is 0.344 e. The SMILES string of the molecule is O=C(NCc1ccncc1)C(=O)Nc1nc2ccccc2s1. The summed E-state index contributed by atoms with van der Waals surface area (Å²) in [6.45, 7) is 0.272. The van der Waals surface area contributed by atoms with Gasteiger partial charge in [0.25, 0.3) is 0 Å². The summed E-state index contributed by atoms with van der Waals surface area (Å²) in [5, 5.41) is 5.47. The molecule has 0 radical (unpaired) electrons. The van der Waals surface area contributed by atoms with Gasteiger partial charge in [-0.25, -0.2) is 4.98 Å². The van der Waals surface area contributed by atoms with E-state index in [-0.39, 0.29) is 6.54 Å². The van der Waals surface area contributed by atoms with Crippen LogP contribution in [0.1, 0.15) is 5.56 Å². The lowest BCUT2D eigenvalue weighted by atomic mass is 10.3. The van der Waals surface area contributed by atoms with Crippen molar-refractivity contribution in [3.63, 3.8) is 0 Å². The Kier molecular flexibility index (Phi) is 4.06. The lowest BCUT2D eigenvalue weighted by Gasteiger charge is -2.04. The minimum absolute atomic E-state index is 0.272. The molecule has 0 aliphatic carbocycles. The fourth-order valence-corrected chi connectivity index (χ4v) is 2.70. The molecule has 0 atom stereocenters. The van der Waals surface area contributed by atoms with Gasteiger partial charge in [0.2, 0.25) is 0 Å². The Balaban J connectivity index is 1.60. The number of pyridine rings is 1. The fraction of sp³-hybridized carbons (Fsp3) is 0.0667. The van der Waals surface area contributed by atoms with Crippen molar-refractivity contribution in [2.24, 2.45) is 0 Å². The molecule has 0 bridgehead atoms. The standard InChI is InChI=1S/C15H12N4O2S/c20-13(17-9-10-5-7-16-8-6-10)14(21)19-15-18-11-3-1-2-4-12(11)22-15/h1-8H,9H2,(H,17,20)(H,18,19,21). The highest BCUT2D eigenvalue weighted by Crippen LogP contribution is 2.25. The summed E-state index contributed by atoms with van der Waals surface area (Å²) >= 11 is 1.33. The van der Waals surface area contributed by atoms with Crippen molar-refractivity contribution in [1.29, 1.82) is 0 Å². The van der Waals surface area contributed by atoms with E-state index in [0.717, 1.165) is 15.8 Å². The highest BCUT2D eigenvalue weighted by molar-refractivity contribution is 7.22. The number of para-hydroxylation sites is 1. The first kappa shape index (κ1) is 14.2. The van der Waals surface area contributed by atoms with E-state index in [2.05, 4.69) is 20.6 Å². The molecule has 0 fully saturated rings. The molecule has 3 rings (SSSR count). The second-order valence-corrected chi connectivity index (χ2v) is 5.51. The predicted octanol–water partition coefficient (Wildman–Crippen LogP) is 1.95. The molecule has 22 heavy (non-hydrogen) atoms. The highest BCUT2D eigenvalue weighted by atomic mass is 32.1. The van der Waals surface area contributed by atoms with Crippen molar-refractivity contribution in [3.8, 4) is 0 Å². The lowest BCUT2D eigenvalue weighted by molar-refractivity contribution is -0.136. The van der Waals surface area contributed by atoms with Crippen LogP contribution in [0.2, 0.25) is 0 Å². The molecule has 0 unspecified atom stereocenters. The van der Waals surface area contributed by atoms with E-state index in [1.54, 1.807) is 24.5 Å². The molecule has 2 N–H and O–H groups in total. The van der Waals surface area contributed by atoms with E-state index < -0.39 is 11.8 Å². The number of carbonyl (C=O) groups is 2. The Labute approximate surface area is 130 Å². The van der Waals surface area contributed by atoms with Crippen molar-refractivity contribution in [1.82, 2.24) is 15.3 Å². The number of nitrogens with one attached hydrogen (secondary N) is 2. The van der Waals surface area contributed by atoms with Crippen molar-refractivity contribution in [3.05, 3.63) is 54.4 Å². The van der Waals surface area contributed by atoms with Crippen molar-refractivity contribution < 1.29 is 9.59 Å². The second-order valence-electron chi connectivity index (χ2n) is 4.48. The highest BCUT2D eigenvalue weighted by Gasteiger charge is 2.15. The van der Waals surface area contributed by atoms with Crippen LogP contribution < -0.4 is 10.6 Å². The number of rotatable bonds is 3. The smallest absolute Gasteiger partial charge is 0.315 e. The maximum absolute atomic E-state index is 11.8. The number of amides is 2. The van der Waals surface area contributed by atoms with Crippen LogP contribution in [0.4, 0.5) is 5.13 Å². The molecule has 110 valence electrons. The summed E-state index contributed by atoms with van der Waals surface area (Å²) in [6, 6.07) is 11.1. The molecular weight excluding hydrogens is 300 g/mol. The fourth-order valence-electron chi connectivity index (χ4n) is 1.84.